The molecule has 0 radical (unpaired) electrons. The Labute approximate surface area is 250 Å². The Balaban J connectivity index is 1.17. The Morgan fingerprint density at radius 2 is 1.70 bits per heavy atom. The molecule has 0 spiro atoms. The lowest BCUT2D eigenvalue weighted by Crippen LogP contribution is -2.31. The number of nitrogens with two attached hydrogens (primary N) is 1. The topological polar surface area (TPSA) is 164 Å². The van der Waals surface area contributed by atoms with Gasteiger partial charge in [0.25, 0.3) is 0 Å². The van der Waals surface area contributed by atoms with Gasteiger partial charge in [0, 0.05) is 53.5 Å². The Morgan fingerprint density at radius 1 is 0.930 bits per heavy atom. The zero-order chi connectivity index (χ0) is 29.6. The van der Waals surface area contributed by atoms with Crippen LogP contribution in [0.25, 0.3) is 22.5 Å². The second kappa shape index (κ2) is 13.2. The number of H-pyrrole nitrogens is 1. The Hall–Kier alpha value is -4.51. The van der Waals surface area contributed by atoms with Crippen LogP contribution in [0.2, 0.25) is 0 Å². The molecule has 222 valence electrons. The quantitative estimate of drug-likeness (QED) is 0.190. The number of benzene rings is 2. The van der Waals surface area contributed by atoms with E-state index in [1.807, 2.05) is 42.7 Å². The molecule has 0 saturated heterocycles. The number of hydrogen-bond acceptors (Lipinski definition) is 9. The number of amides is 1. The number of carbonyl (C=O) groups is 2. The van der Waals surface area contributed by atoms with Crippen LogP contribution in [0.3, 0.4) is 0 Å². The number of hydrogen-bond donors (Lipinski definition) is 4. The van der Waals surface area contributed by atoms with Gasteiger partial charge < -0.3 is 16.4 Å². The van der Waals surface area contributed by atoms with Crippen LogP contribution >= 0.6 is 0 Å². The van der Waals surface area contributed by atoms with Gasteiger partial charge in [0.1, 0.15) is 5.78 Å². The molecule has 11 nitrogen and oxygen atoms in total. The van der Waals surface area contributed by atoms with Gasteiger partial charge in [0.2, 0.25) is 17.7 Å². The first-order valence-electron chi connectivity index (χ1n) is 15.1. The maximum atomic E-state index is 13.7. The molecule has 2 aliphatic carbocycles. The van der Waals surface area contributed by atoms with Crippen LogP contribution in [0.1, 0.15) is 50.5 Å². The smallest absolute Gasteiger partial charge is 0.228 e. The summed E-state index contributed by atoms with van der Waals surface area (Å²) in [5.41, 5.74) is 10.1. The van der Waals surface area contributed by atoms with E-state index in [1.54, 1.807) is 12.1 Å². The third-order valence-corrected chi connectivity index (χ3v) is 8.51. The van der Waals surface area contributed by atoms with Crippen LogP contribution < -0.4 is 16.4 Å². The van der Waals surface area contributed by atoms with Gasteiger partial charge in [-0.3, -0.25) is 9.59 Å². The fourth-order valence-electron chi connectivity index (χ4n) is 5.74. The number of aromatic amines is 1. The molecule has 2 fully saturated rings. The number of nitrogens with one attached hydrogen (secondary N) is 3. The summed E-state index contributed by atoms with van der Waals surface area (Å²) in [4.78, 5) is 36.1. The minimum atomic E-state index is -0.520. The summed E-state index contributed by atoms with van der Waals surface area (Å²) in [5, 5.41) is 20.4. The molecule has 0 aliphatic heterocycles. The van der Waals surface area contributed by atoms with Gasteiger partial charge in [-0.25, -0.2) is 9.97 Å². The van der Waals surface area contributed by atoms with E-state index in [2.05, 4.69) is 47.3 Å². The van der Waals surface area contributed by atoms with Gasteiger partial charge in [0.05, 0.1) is 0 Å². The monoisotopic (exact) mass is 579 g/mol. The van der Waals surface area contributed by atoms with Gasteiger partial charge in [-0.2, -0.15) is 5.21 Å². The summed E-state index contributed by atoms with van der Waals surface area (Å²) in [6, 6.07) is 15.8. The lowest BCUT2D eigenvalue weighted by atomic mass is 9.77. The van der Waals surface area contributed by atoms with E-state index in [0.29, 0.717) is 42.4 Å². The largest absolute Gasteiger partial charge is 0.351 e. The molecule has 0 unspecified atom stereocenters. The minimum Gasteiger partial charge on any atom is -0.351 e. The lowest BCUT2D eigenvalue weighted by molar-refractivity contribution is -0.129. The van der Waals surface area contributed by atoms with Crippen LogP contribution in [0.5, 0.6) is 0 Å². The van der Waals surface area contributed by atoms with Gasteiger partial charge in [-0.1, -0.05) is 24.3 Å². The van der Waals surface area contributed by atoms with Crippen molar-refractivity contribution in [3.8, 4) is 22.5 Å². The number of carbonyl (C=O) groups excluding carboxylic acids is 2. The van der Waals surface area contributed by atoms with Crippen LogP contribution in [-0.2, 0) is 16.0 Å². The summed E-state index contributed by atoms with van der Waals surface area (Å²) in [5.74, 6) is 1.05. The Bertz CT molecular complexity index is 1510. The number of tetrazole rings is 1. The maximum Gasteiger partial charge on any atom is 0.228 e. The molecule has 2 heterocycles. The van der Waals surface area contributed by atoms with E-state index in [-0.39, 0.29) is 24.0 Å². The maximum absolute atomic E-state index is 13.7. The van der Waals surface area contributed by atoms with Crippen molar-refractivity contribution in [3.63, 3.8) is 0 Å². The van der Waals surface area contributed by atoms with Gasteiger partial charge in [0.15, 0.2) is 0 Å². The summed E-state index contributed by atoms with van der Waals surface area (Å²) in [6.45, 7) is 0.665. The fraction of sp³-hybridized carbons (Fsp3) is 0.406. The van der Waals surface area contributed by atoms with Gasteiger partial charge in [-0.05, 0) is 98.0 Å². The van der Waals surface area contributed by atoms with E-state index < -0.39 is 5.92 Å². The normalized spacial score (nSPS) is 19.0. The minimum absolute atomic E-state index is 0.0152. The average molecular weight is 580 g/mol. The van der Waals surface area contributed by atoms with Crippen molar-refractivity contribution in [2.75, 3.05) is 17.2 Å². The third-order valence-electron chi connectivity index (χ3n) is 8.51. The van der Waals surface area contributed by atoms with Crippen LogP contribution in [0.4, 0.5) is 11.6 Å². The highest BCUT2D eigenvalue weighted by molar-refractivity contribution is 5.96. The summed E-state index contributed by atoms with van der Waals surface area (Å²) in [6.07, 6.45) is 10.2. The molecule has 2 aliphatic rings. The summed E-state index contributed by atoms with van der Waals surface area (Å²) < 4.78 is 0. The highest BCUT2D eigenvalue weighted by Gasteiger charge is 2.30. The molecule has 0 bridgehead atoms. The zero-order valence-corrected chi connectivity index (χ0v) is 24.1. The Kier molecular flexibility index (Phi) is 8.78. The second-order valence-electron chi connectivity index (χ2n) is 11.7. The van der Waals surface area contributed by atoms with Gasteiger partial charge >= 0.3 is 0 Å². The standard InChI is InChI=1S/C32H37N9O2/c33-17-20-4-6-22(7-5-20)29(42)16-25(31(43)36-27-10-8-23(9-11-27)30-38-40-41-39-30)15-21-2-1-3-24(14-21)26-18-34-32(35-19-26)37-28-12-13-28/h1-3,8-11,14,18-20,22,25,28H,4-7,12-13,15-17,33H2,(H,36,43)(H,34,35,37)(H,38,39,40,41)/t20?,22?,25-/m1/s1. The highest BCUT2D eigenvalue weighted by Crippen LogP contribution is 2.31. The molecule has 2 aromatic carbocycles. The number of rotatable bonds is 12. The van der Waals surface area contributed by atoms with E-state index in [1.165, 1.54) is 0 Å². The molecule has 2 saturated carbocycles. The number of anilines is 2. The first-order valence-corrected chi connectivity index (χ1v) is 15.1. The van der Waals surface area contributed by atoms with E-state index in [0.717, 1.165) is 60.8 Å². The van der Waals surface area contributed by atoms with Crippen molar-refractivity contribution in [2.24, 2.45) is 23.5 Å². The molecule has 2 aromatic heterocycles. The predicted octanol–water partition coefficient (Wildman–Crippen LogP) is 4.42. The zero-order valence-electron chi connectivity index (χ0n) is 24.1. The van der Waals surface area contributed by atoms with Crippen LogP contribution in [0, 0.1) is 17.8 Å². The number of aromatic nitrogens is 6. The molecule has 5 N–H and O–H groups in total. The van der Waals surface area contributed by atoms with Crippen LogP contribution in [0.15, 0.2) is 60.9 Å². The van der Waals surface area contributed by atoms with Crippen molar-refractivity contribution in [3.05, 3.63) is 66.5 Å². The van der Waals surface area contributed by atoms with E-state index >= 15 is 0 Å². The average Bonchev–Trinajstić information content (AvgIpc) is 3.69. The second-order valence-corrected chi connectivity index (χ2v) is 11.7. The molecular weight excluding hydrogens is 542 g/mol. The van der Waals surface area contributed by atoms with Crippen molar-refractivity contribution in [1.82, 2.24) is 30.6 Å². The van der Waals surface area contributed by atoms with Gasteiger partial charge in [-0.15, -0.1) is 10.2 Å². The molecule has 43 heavy (non-hydrogen) atoms. The summed E-state index contributed by atoms with van der Waals surface area (Å²) >= 11 is 0. The Morgan fingerprint density at radius 3 is 2.37 bits per heavy atom. The number of ketones is 1. The lowest BCUT2D eigenvalue weighted by Gasteiger charge is -2.27. The first kappa shape index (κ1) is 28.6. The third kappa shape index (κ3) is 7.47. The number of Topliss-reactive ketones (excluding diaryl/α,β-unsaturated/α-hetero) is 1. The predicted molar refractivity (Wildman–Crippen MR) is 164 cm³/mol. The van der Waals surface area contributed by atoms with Crippen molar-refractivity contribution in [1.29, 1.82) is 0 Å². The molecule has 11 heteroatoms. The molecule has 1 amide bonds. The molecule has 1 atom stereocenters. The van der Waals surface area contributed by atoms with E-state index in [9.17, 15) is 9.59 Å². The number of nitrogens with zero attached hydrogens (tertiary/aromatic N) is 5. The van der Waals surface area contributed by atoms with E-state index in [4.69, 9.17) is 5.73 Å². The van der Waals surface area contributed by atoms with Crippen molar-refractivity contribution < 1.29 is 9.59 Å². The van der Waals surface area contributed by atoms with Crippen molar-refractivity contribution >= 4 is 23.3 Å². The highest BCUT2D eigenvalue weighted by atomic mass is 16.2. The summed E-state index contributed by atoms with van der Waals surface area (Å²) in [7, 11) is 0. The van der Waals surface area contributed by atoms with Crippen LogP contribution in [-0.4, -0.2) is 54.9 Å². The molecule has 4 aromatic rings. The fourth-order valence-corrected chi connectivity index (χ4v) is 5.74. The SMILES string of the molecule is NCC1CCC(C(=O)C[C@@H](Cc2cccc(-c3cnc(NC4CC4)nc3)c2)C(=O)Nc2ccc(-c3nn[nH]n3)cc2)CC1. The van der Waals surface area contributed by atoms with Crippen molar-refractivity contribution in [2.45, 2.75) is 57.4 Å². The first-order chi connectivity index (χ1) is 21.0. The molecule has 6 rings (SSSR count). The molecular formula is C32H37N9O2.